The molecule has 2 aliphatic rings. The minimum atomic E-state index is -1.12. The number of ether oxygens (including phenoxy) is 1. The summed E-state index contributed by atoms with van der Waals surface area (Å²) in [5, 5.41) is 5.02. The van der Waals surface area contributed by atoms with E-state index < -0.39 is 8.07 Å². The van der Waals surface area contributed by atoms with Crippen molar-refractivity contribution < 1.29 is 4.74 Å². The number of anilines is 1. The zero-order valence-electron chi connectivity index (χ0n) is 20.1. The summed E-state index contributed by atoms with van der Waals surface area (Å²) in [6.07, 6.45) is 10.4. The minimum Gasteiger partial charge on any atom is -0.369 e. The van der Waals surface area contributed by atoms with Crippen molar-refractivity contribution in [2.75, 3.05) is 31.1 Å². The molecule has 0 aliphatic carbocycles. The highest BCUT2D eigenvalue weighted by molar-refractivity contribution is 7.03. The number of hydrogen-bond acceptors (Lipinski definition) is 7. The standard InChI is InChI=1S/C24H36N6OSSi/c1-33(2,3)14-13-31-18-30-15-19(22-26-17-32-28-22)21-20(7-11-25-23(21)30)29-12-6-9-24(16-29)8-4-5-10-27-24/h7,11,15,17,27H,4-6,8-10,12-14,16,18H2,1-3H3. The normalized spacial score (nSPS) is 21.8. The van der Waals surface area contributed by atoms with E-state index in [0.29, 0.717) is 6.73 Å². The van der Waals surface area contributed by atoms with E-state index >= 15 is 0 Å². The highest BCUT2D eigenvalue weighted by Gasteiger charge is 2.37. The van der Waals surface area contributed by atoms with Gasteiger partial charge in [-0.15, -0.1) is 0 Å². The van der Waals surface area contributed by atoms with Crippen LogP contribution in [0.1, 0.15) is 32.1 Å². The van der Waals surface area contributed by atoms with E-state index in [0.717, 1.165) is 54.7 Å². The number of nitrogens with zero attached hydrogens (tertiary/aromatic N) is 5. The van der Waals surface area contributed by atoms with E-state index in [1.165, 1.54) is 49.3 Å². The molecular formula is C24H36N6OSSi. The van der Waals surface area contributed by atoms with Crippen molar-refractivity contribution in [1.82, 2.24) is 24.2 Å². The highest BCUT2D eigenvalue weighted by atomic mass is 32.1. The van der Waals surface area contributed by atoms with Gasteiger partial charge < -0.3 is 19.5 Å². The molecule has 0 bridgehead atoms. The third-order valence-electron chi connectivity index (χ3n) is 7.06. The molecule has 2 fully saturated rings. The predicted octanol–water partition coefficient (Wildman–Crippen LogP) is 4.98. The van der Waals surface area contributed by atoms with Crippen LogP contribution in [0, 0.1) is 0 Å². The summed E-state index contributed by atoms with van der Waals surface area (Å²) in [7, 11) is -1.12. The van der Waals surface area contributed by atoms with E-state index in [-0.39, 0.29) is 5.54 Å². The molecule has 5 rings (SSSR count). The lowest BCUT2D eigenvalue weighted by atomic mass is 9.81. The maximum absolute atomic E-state index is 6.11. The molecular weight excluding hydrogens is 448 g/mol. The van der Waals surface area contributed by atoms with Gasteiger partial charge in [0.1, 0.15) is 17.9 Å². The van der Waals surface area contributed by atoms with Gasteiger partial charge in [-0.1, -0.05) is 26.1 Å². The van der Waals surface area contributed by atoms with Gasteiger partial charge in [-0.2, -0.15) is 4.37 Å². The first-order valence-corrected chi connectivity index (χ1v) is 16.8. The summed E-state index contributed by atoms with van der Waals surface area (Å²) >= 11 is 1.39. The van der Waals surface area contributed by atoms with Crippen LogP contribution in [0.15, 0.2) is 24.0 Å². The van der Waals surface area contributed by atoms with Gasteiger partial charge in [0.25, 0.3) is 0 Å². The molecule has 3 aromatic rings. The van der Waals surface area contributed by atoms with Crippen LogP contribution in [0.3, 0.4) is 0 Å². The first kappa shape index (κ1) is 23.0. The Kier molecular flexibility index (Phi) is 6.57. The number of fused-ring (bicyclic) bond motifs is 1. The van der Waals surface area contributed by atoms with E-state index in [4.69, 9.17) is 9.72 Å². The van der Waals surface area contributed by atoms with Crippen molar-refractivity contribution in [2.24, 2.45) is 0 Å². The molecule has 1 spiro atoms. The molecule has 2 saturated heterocycles. The molecule has 0 radical (unpaired) electrons. The van der Waals surface area contributed by atoms with Crippen molar-refractivity contribution in [3.63, 3.8) is 0 Å². The van der Waals surface area contributed by atoms with Crippen LogP contribution in [-0.4, -0.2) is 58.8 Å². The van der Waals surface area contributed by atoms with Crippen LogP contribution in [-0.2, 0) is 11.5 Å². The second kappa shape index (κ2) is 9.44. The maximum atomic E-state index is 6.11. The average molecular weight is 485 g/mol. The lowest BCUT2D eigenvalue weighted by Crippen LogP contribution is -2.59. The second-order valence-electron chi connectivity index (χ2n) is 10.8. The fraction of sp³-hybridized carbons (Fsp3) is 0.625. The Morgan fingerprint density at radius 2 is 2.06 bits per heavy atom. The molecule has 3 aromatic heterocycles. The molecule has 5 heterocycles. The van der Waals surface area contributed by atoms with Crippen LogP contribution in [0.4, 0.5) is 5.69 Å². The Bertz CT molecular complexity index is 1070. The molecule has 7 nitrogen and oxygen atoms in total. The largest absolute Gasteiger partial charge is 0.369 e. The zero-order valence-corrected chi connectivity index (χ0v) is 22.0. The van der Waals surface area contributed by atoms with Crippen molar-refractivity contribution in [3.05, 3.63) is 24.0 Å². The highest BCUT2D eigenvalue weighted by Crippen LogP contribution is 2.39. The number of pyridine rings is 1. The topological polar surface area (TPSA) is 68.1 Å². The summed E-state index contributed by atoms with van der Waals surface area (Å²) in [5.41, 5.74) is 5.31. The van der Waals surface area contributed by atoms with Gasteiger partial charge in [0.15, 0.2) is 5.82 Å². The van der Waals surface area contributed by atoms with Crippen molar-refractivity contribution in [1.29, 1.82) is 0 Å². The average Bonchev–Trinajstić information content (AvgIpc) is 3.45. The van der Waals surface area contributed by atoms with Crippen LogP contribution in [0.5, 0.6) is 0 Å². The monoisotopic (exact) mass is 484 g/mol. The molecule has 0 aromatic carbocycles. The zero-order chi connectivity index (χ0) is 22.9. The Morgan fingerprint density at radius 3 is 2.82 bits per heavy atom. The summed E-state index contributed by atoms with van der Waals surface area (Å²) in [5.74, 6) is 0.780. The van der Waals surface area contributed by atoms with Gasteiger partial charge in [-0.05, 0) is 55.9 Å². The Morgan fingerprint density at radius 1 is 1.18 bits per heavy atom. The molecule has 33 heavy (non-hydrogen) atoms. The van der Waals surface area contributed by atoms with Crippen molar-refractivity contribution in [2.45, 2.75) is 70.1 Å². The molecule has 2 aliphatic heterocycles. The van der Waals surface area contributed by atoms with Gasteiger partial charge in [0, 0.05) is 51.3 Å². The Labute approximate surface area is 201 Å². The van der Waals surface area contributed by atoms with E-state index in [9.17, 15) is 0 Å². The van der Waals surface area contributed by atoms with Crippen LogP contribution in [0.2, 0.25) is 25.7 Å². The van der Waals surface area contributed by atoms with Crippen molar-refractivity contribution >= 4 is 36.3 Å². The lowest BCUT2D eigenvalue weighted by Gasteiger charge is -2.47. The Balaban J connectivity index is 1.48. The third kappa shape index (κ3) is 5.01. The van der Waals surface area contributed by atoms with Gasteiger partial charge in [0.05, 0.1) is 11.1 Å². The number of piperidine rings is 2. The third-order valence-corrected chi connectivity index (χ3v) is 9.25. The molecule has 1 unspecified atom stereocenters. The number of hydrogen-bond donors (Lipinski definition) is 1. The van der Waals surface area contributed by atoms with E-state index in [1.807, 2.05) is 6.20 Å². The van der Waals surface area contributed by atoms with E-state index in [1.54, 1.807) is 5.51 Å². The summed E-state index contributed by atoms with van der Waals surface area (Å²) in [6.45, 7) is 11.7. The van der Waals surface area contributed by atoms with Gasteiger partial charge >= 0.3 is 0 Å². The number of aromatic nitrogens is 4. The quantitative estimate of drug-likeness (QED) is 0.377. The predicted molar refractivity (Wildman–Crippen MR) is 139 cm³/mol. The molecule has 0 amide bonds. The van der Waals surface area contributed by atoms with Crippen LogP contribution in [0.25, 0.3) is 22.4 Å². The fourth-order valence-corrected chi connectivity index (χ4v) is 6.47. The summed E-state index contributed by atoms with van der Waals surface area (Å²) < 4.78 is 12.8. The summed E-state index contributed by atoms with van der Waals surface area (Å²) in [4.78, 5) is 11.9. The number of nitrogens with one attached hydrogen (secondary N) is 1. The van der Waals surface area contributed by atoms with Gasteiger partial charge in [-0.25, -0.2) is 9.97 Å². The molecule has 0 saturated carbocycles. The van der Waals surface area contributed by atoms with Gasteiger partial charge in [-0.3, -0.25) is 0 Å². The second-order valence-corrected chi connectivity index (χ2v) is 17.1. The molecule has 9 heteroatoms. The van der Waals surface area contributed by atoms with E-state index in [2.05, 4.69) is 56.0 Å². The van der Waals surface area contributed by atoms with Gasteiger partial charge in [0.2, 0.25) is 0 Å². The lowest BCUT2D eigenvalue weighted by molar-refractivity contribution is 0.0899. The first-order chi connectivity index (χ1) is 15.9. The summed E-state index contributed by atoms with van der Waals surface area (Å²) in [6, 6.07) is 3.34. The SMILES string of the molecule is C[Si](C)(C)CCOCn1cc(-c2ncsn2)c2c(N3CCCC4(CCCCN4)C3)ccnc21. The molecule has 178 valence electrons. The molecule has 1 atom stereocenters. The Hall–Kier alpha value is -1.81. The fourth-order valence-electron chi connectivity index (χ4n) is 5.28. The van der Waals surface area contributed by atoms with Crippen LogP contribution < -0.4 is 10.2 Å². The van der Waals surface area contributed by atoms with Crippen molar-refractivity contribution in [3.8, 4) is 11.4 Å². The minimum absolute atomic E-state index is 0.244. The maximum Gasteiger partial charge on any atom is 0.175 e. The smallest absolute Gasteiger partial charge is 0.175 e. The van der Waals surface area contributed by atoms with Crippen LogP contribution >= 0.6 is 11.5 Å². The number of rotatable bonds is 7. The first-order valence-electron chi connectivity index (χ1n) is 12.3. The molecule has 1 N–H and O–H groups in total.